The largest absolute Gasteiger partial charge is 0.389 e. The van der Waals surface area contributed by atoms with Gasteiger partial charge in [-0.1, -0.05) is 44.2 Å². The maximum atomic E-state index is 10.2. The Morgan fingerprint density at radius 3 is 2.30 bits per heavy atom. The summed E-state index contributed by atoms with van der Waals surface area (Å²) in [6.07, 6.45) is 0. The van der Waals surface area contributed by atoms with Gasteiger partial charge in [-0.3, -0.25) is 4.90 Å². The lowest BCUT2D eigenvalue weighted by Gasteiger charge is -2.28. The third-order valence-electron chi connectivity index (χ3n) is 3.74. The van der Waals surface area contributed by atoms with Gasteiger partial charge in [-0.2, -0.15) is 0 Å². The maximum Gasteiger partial charge on any atom is 0.146 e. The fraction of sp³-hybridized carbons (Fsp3) is 0.556. The van der Waals surface area contributed by atoms with Crippen LogP contribution in [0.5, 0.6) is 0 Å². The van der Waals surface area contributed by atoms with Gasteiger partial charge in [-0.25, -0.2) is 0 Å². The summed E-state index contributed by atoms with van der Waals surface area (Å²) in [7, 11) is 2.01. The highest BCUT2D eigenvalue weighted by Gasteiger charge is 2.21. The van der Waals surface area contributed by atoms with Crippen LogP contribution in [0.25, 0.3) is 0 Å². The van der Waals surface area contributed by atoms with Gasteiger partial charge in [-0.15, -0.1) is 10.2 Å². The normalized spacial score (nSPS) is 12.3. The molecule has 1 aromatic heterocycles. The first-order valence-corrected chi connectivity index (χ1v) is 8.13. The molecule has 0 radical (unpaired) electrons. The predicted octanol–water partition coefficient (Wildman–Crippen LogP) is 2.71. The smallest absolute Gasteiger partial charge is 0.146 e. The molecule has 2 aromatic rings. The van der Waals surface area contributed by atoms with Crippen LogP contribution in [0, 0.1) is 0 Å². The quantitative estimate of drug-likeness (QED) is 0.853. The van der Waals surface area contributed by atoms with Crippen LogP contribution in [0.2, 0.25) is 0 Å². The van der Waals surface area contributed by atoms with Gasteiger partial charge < -0.3 is 9.67 Å². The van der Waals surface area contributed by atoms with Gasteiger partial charge in [0.25, 0.3) is 0 Å². The van der Waals surface area contributed by atoms with Gasteiger partial charge in [0, 0.05) is 26.1 Å². The Morgan fingerprint density at radius 2 is 1.78 bits per heavy atom. The van der Waals surface area contributed by atoms with E-state index in [0.29, 0.717) is 19.0 Å². The van der Waals surface area contributed by atoms with E-state index in [2.05, 4.69) is 45.6 Å². The van der Waals surface area contributed by atoms with E-state index in [1.165, 1.54) is 5.56 Å². The van der Waals surface area contributed by atoms with Gasteiger partial charge >= 0.3 is 0 Å². The molecule has 23 heavy (non-hydrogen) atoms. The summed E-state index contributed by atoms with van der Waals surface area (Å²) in [5.74, 6) is 2.26. The molecule has 0 fully saturated rings. The van der Waals surface area contributed by atoms with Crippen LogP contribution in [0.15, 0.2) is 30.3 Å². The van der Waals surface area contributed by atoms with Gasteiger partial charge in [0.15, 0.2) is 0 Å². The van der Waals surface area contributed by atoms with Crippen molar-refractivity contribution in [2.24, 2.45) is 7.05 Å². The molecule has 0 aliphatic heterocycles. The van der Waals surface area contributed by atoms with Crippen molar-refractivity contribution in [1.29, 1.82) is 0 Å². The summed E-state index contributed by atoms with van der Waals surface area (Å²) in [5, 5.41) is 18.9. The van der Waals surface area contributed by atoms with E-state index in [4.69, 9.17) is 0 Å². The molecule has 1 heterocycles. The van der Waals surface area contributed by atoms with Crippen molar-refractivity contribution < 1.29 is 5.11 Å². The molecule has 0 bridgehead atoms. The zero-order valence-corrected chi connectivity index (χ0v) is 14.8. The second-order valence-electron chi connectivity index (χ2n) is 7.13. The highest BCUT2D eigenvalue weighted by molar-refractivity contribution is 5.14. The minimum atomic E-state index is -0.756. The summed E-state index contributed by atoms with van der Waals surface area (Å²) in [6, 6.07) is 10.3. The molecule has 0 amide bonds. The molecular weight excluding hydrogens is 288 g/mol. The number of hydrogen-bond acceptors (Lipinski definition) is 4. The molecule has 1 aromatic carbocycles. The Labute approximate surface area is 139 Å². The van der Waals surface area contributed by atoms with Gasteiger partial charge in [0.05, 0.1) is 12.1 Å². The van der Waals surface area contributed by atoms with Crippen molar-refractivity contribution in [1.82, 2.24) is 19.7 Å². The summed E-state index contributed by atoms with van der Waals surface area (Å²) in [5.41, 5.74) is 0.469. The molecular formula is C18H28N4O. The minimum Gasteiger partial charge on any atom is -0.389 e. The van der Waals surface area contributed by atoms with E-state index in [1.54, 1.807) is 0 Å². The number of rotatable bonds is 7. The molecule has 0 spiro atoms. The van der Waals surface area contributed by atoms with Crippen molar-refractivity contribution in [3.8, 4) is 0 Å². The summed E-state index contributed by atoms with van der Waals surface area (Å²) >= 11 is 0. The van der Waals surface area contributed by atoms with Gasteiger partial charge in [0.2, 0.25) is 0 Å². The van der Waals surface area contributed by atoms with Crippen LogP contribution >= 0.6 is 0 Å². The van der Waals surface area contributed by atoms with Crippen LogP contribution < -0.4 is 0 Å². The van der Waals surface area contributed by atoms with Crippen LogP contribution in [0.4, 0.5) is 0 Å². The molecule has 0 saturated carbocycles. The topological polar surface area (TPSA) is 54.2 Å². The molecule has 5 heteroatoms. The zero-order valence-electron chi connectivity index (χ0n) is 14.8. The van der Waals surface area contributed by atoms with E-state index in [9.17, 15) is 5.11 Å². The van der Waals surface area contributed by atoms with Crippen molar-refractivity contribution in [3.05, 3.63) is 47.5 Å². The summed E-state index contributed by atoms with van der Waals surface area (Å²) in [6.45, 7) is 9.91. The molecule has 0 unspecified atom stereocenters. The van der Waals surface area contributed by atoms with Crippen molar-refractivity contribution in [2.75, 3.05) is 6.54 Å². The van der Waals surface area contributed by atoms with Gasteiger partial charge in [-0.05, 0) is 19.4 Å². The fourth-order valence-corrected chi connectivity index (χ4v) is 2.77. The molecule has 0 saturated heterocycles. The Bertz CT molecular complexity index is 614. The average Bonchev–Trinajstić information content (AvgIpc) is 2.79. The van der Waals surface area contributed by atoms with Crippen LogP contribution in [0.3, 0.4) is 0 Å². The Hall–Kier alpha value is -1.72. The molecule has 0 aliphatic rings. The highest BCUT2D eigenvalue weighted by Crippen LogP contribution is 2.16. The monoisotopic (exact) mass is 316 g/mol. The van der Waals surface area contributed by atoms with E-state index >= 15 is 0 Å². The highest BCUT2D eigenvalue weighted by atomic mass is 16.3. The Morgan fingerprint density at radius 1 is 1.13 bits per heavy atom. The second kappa shape index (κ2) is 7.23. The molecule has 2 rings (SSSR count). The SMILES string of the molecule is CC(C)c1nnc(CN(Cc2ccccc2)CC(C)(C)O)n1C. The number of aliphatic hydroxyl groups is 1. The second-order valence-corrected chi connectivity index (χ2v) is 7.13. The predicted molar refractivity (Wildman–Crippen MR) is 91.9 cm³/mol. The van der Waals surface area contributed by atoms with Crippen molar-refractivity contribution >= 4 is 0 Å². The number of aromatic nitrogens is 3. The lowest BCUT2D eigenvalue weighted by molar-refractivity contribution is 0.0295. The van der Waals surface area contributed by atoms with E-state index in [1.807, 2.05) is 39.1 Å². The summed E-state index contributed by atoms with van der Waals surface area (Å²) < 4.78 is 2.06. The zero-order chi connectivity index (χ0) is 17.0. The first-order valence-electron chi connectivity index (χ1n) is 8.13. The fourth-order valence-electron chi connectivity index (χ4n) is 2.77. The summed E-state index contributed by atoms with van der Waals surface area (Å²) in [4.78, 5) is 2.21. The standard InChI is InChI=1S/C18H28N4O/c1-14(2)17-20-19-16(21(17)5)12-22(13-18(3,4)23)11-15-9-7-6-8-10-15/h6-10,14,23H,11-13H2,1-5H3. The van der Waals surface area contributed by atoms with E-state index in [-0.39, 0.29) is 0 Å². The minimum absolute atomic E-state index is 0.345. The third kappa shape index (κ3) is 5.15. The van der Waals surface area contributed by atoms with E-state index in [0.717, 1.165) is 18.2 Å². The van der Waals surface area contributed by atoms with Gasteiger partial charge in [0.1, 0.15) is 11.6 Å². The van der Waals surface area contributed by atoms with Crippen molar-refractivity contribution in [3.63, 3.8) is 0 Å². The maximum absolute atomic E-state index is 10.2. The lowest BCUT2D eigenvalue weighted by atomic mass is 10.1. The van der Waals surface area contributed by atoms with E-state index < -0.39 is 5.60 Å². The molecule has 0 aliphatic carbocycles. The number of benzene rings is 1. The lowest BCUT2D eigenvalue weighted by Crippen LogP contribution is -2.38. The first-order chi connectivity index (χ1) is 10.8. The van der Waals surface area contributed by atoms with Crippen molar-refractivity contribution in [2.45, 2.75) is 52.3 Å². The third-order valence-corrected chi connectivity index (χ3v) is 3.74. The molecule has 5 nitrogen and oxygen atoms in total. The number of nitrogens with zero attached hydrogens (tertiary/aromatic N) is 4. The molecule has 1 N–H and O–H groups in total. The Balaban J connectivity index is 2.17. The van der Waals surface area contributed by atoms with Crippen LogP contribution in [-0.2, 0) is 20.1 Å². The molecule has 0 atom stereocenters. The van der Waals surface area contributed by atoms with Crippen LogP contribution in [0.1, 0.15) is 50.8 Å². The average molecular weight is 316 g/mol. The number of hydrogen-bond donors (Lipinski definition) is 1. The molecule has 126 valence electrons. The van der Waals surface area contributed by atoms with Crippen LogP contribution in [-0.4, -0.2) is 36.9 Å². The Kier molecular flexibility index (Phi) is 5.55. The first kappa shape index (κ1) is 17.6.